The summed E-state index contributed by atoms with van der Waals surface area (Å²) < 4.78 is 8.35. The molecular weight excluding hydrogens is 440 g/mol. The molecule has 2 aromatic carbocycles. The Bertz CT molecular complexity index is 1290. The number of ether oxygens (including phenoxy) is 1. The van der Waals surface area contributed by atoms with Gasteiger partial charge in [-0.3, -0.25) is 4.98 Å². The van der Waals surface area contributed by atoms with Crippen LogP contribution in [0, 0.1) is 13.8 Å². The molecular formula is C28H28N4OS. The highest BCUT2D eigenvalue weighted by atomic mass is 32.1. The quantitative estimate of drug-likeness (QED) is 0.328. The molecule has 4 aromatic rings. The summed E-state index contributed by atoms with van der Waals surface area (Å²) in [5.74, 6) is 1.60. The zero-order valence-electron chi connectivity index (χ0n) is 19.6. The van der Waals surface area contributed by atoms with E-state index in [1.807, 2.05) is 60.8 Å². The van der Waals surface area contributed by atoms with E-state index in [2.05, 4.69) is 64.8 Å². The van der Waals surface area contributed by atoms with Gasteiger partial charge in [-0.25, -0.2) is 0 Å². The van der Waals surface area contributed by atoms with Gasteiger partial charge in [0.25, 0.3) is 0 Å². The maximum absolute atomic E-state index is 6.00. The number of para-hydroxylation sites is 1. The highest BCUT2D eigenvalue weighted by Crippen LogP contribution is 2.43. The number of pyridine rings is 1. The summed E-state index contributed by atoms with van der Waals surface area (Å²) >= 11 is 5.87. The van der Waals surface area contributed by atoms with Crippen LogP contribution in [0.15, 0.2) is 85.1 Å². The van der Waals surface area contributed by atoms with Crippen LogP contribution in [0.3, 0.4) is 0 Å². The van der Waals surface area contributed by atoms with Gasteiger partial charge in [-0.1, -0.05) is 24.3 Å². The second kappa shape index (κ2) is 9.31. The lowest BCUT2D eigenvalue weighted by molar-refractivity contribution is 0.482. The van der Waals surface area contributed by atoms with Crippen LogP contribution >= 0.6 is 12.2 Å². The van der Waals surface area contributed by atoms with Crippen LogP contribution in [-0.4, -0.2) is 14.7 Å². The molecule has 0 bridgehead atoms. The van der Waals surface area contributed by atoms with Gasteiger partial charge in [0, 0.05) is 29.8 Å². The molecule has 6 heteroatoms. The molecule has 1 aliphatic rings. The van der Waals surface area contributed by atoms with E-state index in [0.29, 0.717) is 5.11 Å². The Kier molecular flexibility index (Phi) is 6.07. The van der Waals surface area contributed by atoms with E-state index in [1.54, 1.807) is 0 Å². The highest BCUT2D eigenvalue weighted by Gasteiger charge is 2.42. The van der Waals surface area contributed by atoms with E-state index in [4.69, 9.17) is 17.0 Å². The first-order valence-electron chi connectivity index (χ1n) is 11.6. The van der Waals surface area contributed by atoms with Gasteiger partial charge >= 0.3 is 0 Å². The van der Waals surface area contributed by atoms with Crippen LogP contribution in [0.5, 0.6) is 11.5 Å². The maximum atomic E-state index is 6.00. The number of hydrogen-bond acceptors (Lipinski definition) is 3. The molecule has 2 unspecified atom stereocenters. The van der Waals surface area contributed by atoms with Gasteiger partial charge in [-0.2, -0.15) is 0 Å². The van der Waals surface area contributed by atoms with E-state index < -0.39 is 0 Å². The molecule has 0 saturated carbocycles. The van der Waals surface area contributed by atoms with E-state index >= 15 is 0 Å². The molecule has 0 amide bonds. The van der Waals surface area contributed by atoms with E-state index in [-0.39, 0.29) is 12.1 Å². The highest BCUT2D eigenvalue weighted by molar-refractivity contribution is 7.80. The standard InChI is InChI=1S/C28H28N4OS/c1-4-31-19(2)18-24(20(31)3)27-26(25-12-8-9-17-29-25)30-28(34)32(27)21-13-15-23(16-14-21)33-22-10-6-5-7-11-22/h5-18,26-27H,4H2,1-3H3,(H,30,34). The SMILES string of the molecule is CCn1c(C)cc(C2C(c3ccccn3)NC(=S)N2c2ccc(Oc3ccccc3)cc2)c1C. The van der Waals surface area contributed by atoms with Crippen molar-refractivity contribution in [2.75, 3.05) is 4.90 Å². The first kappa shape index (κ1) is 22.2. The van der Waals surface area contributed by atoms with Crippen molar-refractivity contribution in [1.29, 1.82) is 0 Å². The largest absolute Gasteiger partial charge is 0.457 e. The molecule has 1 fully saturated rings. The predicted molar refractivity (Wildman–Crippen MR) is 140 cm³/mol. The Morgan fingerprint density at radius 1 is 0.941 bits per heavy atom. The second-order valence-corrected chi connectivity index (χ2v) is 8.86. The van der Waals surface area contributed by atoms with Crippen molar-refractivity contribution >= 4 is 23.0 Å². The fourth-order valence-corrected chi connectivity index (χ4v) is 5.21. The molecule has 2 aromatic heterocycles. The lowest BCUT2D eigenvalue weighted by Crippen LogP contribution is -2.29. The molecule has 5 rings (SSSR count). The minimum Gasteiger partial charge on any atom is -0.457 e. The van der Waals surface area contributed by atoms with Gasteiger partial charge < -0.3 is 19.5 Å². The average molecular weight is 469 g/mol. The number of aromatic nitrogens is 2. The normalized spacial score (nSPS) is 17.6. The molecule has 1 aliphatic heterocycles. The van der Waals surface area contributed by atoms with Crippen molar-refractivity contribution in [1.82, 2.24) is 14.9 Å². The third kappa shape index (κ3) is 4.05. The van der Waals surface area contributed by atoms with Crippen molar-refractivity contribution < 1.29 is 4.74 Å². The Labute approximate surface area is 206 Å². The minimum absolute atomic E-state index is 0.0187. The number of thiocarbonyl (C=S) groups is 1. The van der Waals surface area contributed by atoms with Crippen molar-refractivity contribution in [3.63, 3.8) is 0 Å². The topological polar surface area (TPSA) is 42.3 Å². The first-order chi connectivity index (χ1) is 16.6. The maximum Gasteiger partial charge on any atom is 0.174 e. The smallest absolute Gasteiger partial charge is 0.174 e. The fraction of sp³-hybridized carbons (Fsp3) is 0.214. The van der Waals surface area contributed by atoms with Crippen LogP contribution in [-0.2, 0) is 6.54 Å². The second-order valence-electron chi connectivity index (χ2n) is 8.48. The lowest BCUT2D eigenvalue weighted by Gasteiger charge is -2.28. The predicted octanol–water partition coefficient (Wildman–Crippen LogP) is 6.49. The summed E-state index contributed by atoms with van der Waals surface area (Å²) in [6.07, 6.45) is 1.84. The van der Waals surface area contributed by atoms with Gasteiger partial charge in [0.15, 0.2) is 5.11 Å². The first-order valence-corrected chi connectivity index (χ1v) is 12.0. The van der Waals surface area contributed by atoms with E-state index in [0.717, 1.165) is 29.4 Å². The van der Waals surface area contributed by atoms with Crippen LogP contribution in [0.4, 0.5) is 5.69 Å². The summed E-state index contributed by atoms with van der Waals surface area (Å²) in [7, 11) is 0. The third-order valence-corrected chi connectivity index (χ3v) is 6.75. The molecule has 1 N–H and O–H groups in total. The summed E-state index contributed by atoms with van der Waals surface area (Å²) in [5, 5.41) is 4.24. The zero-order chi connectivity index (χ0) is 23.7. The zero-order valence-corrected chi connectivity index (χ0v) is 20.4. The van der Waals surface area contributed by atoms with Crippen LogP contribution in [0.2, 0.25) is 0 Å². The lowest BCUT2D eigenvalue weighted by atomic mass is 9.96. The molecule has 0 radical (unpaired) electrons. The Hall–Kier alpha value is -3.64. The van der Waals surface area contributed by atoms with Gasteiger partial charge in [0.2, 0.25) is 0 Å². The Morgan fingerprint density at radius 2 is 1.65 bits per heavy atom. The fourth-order valence-electron chi connectivity index (χ4n) is 4.86. The van der Waals surface area contributed by atoms with Gasteiger partial charge in [-0.15, -0.1) is 0 Å². The molecule has 172 valence electrons. The summed E-state index contributed by atoms with van der Waals surface area (Å²) in [5.41, 5.74) is 5.75. The third-order valence-electron chi connectivity index (χ3n) is 6.44. The average Bonchev–Trinajstić information content (AvgIpc) is 3.35. The van der Waals surface area contributed by atoms with Crippen molar-refractivity contribution in [3.8, 4) is 11.5 Å². The molecule has 34 heavy (non-hydrogen) atoms. The minimum atomic E-state index is -0.0558. The summed E-state index contributed by atoms with van der Waals surface area (Å²) in [6.45, 7) is 7.47. The van der Waals surface area contributed by atoms with Crippen LogP contribution in [0.1, 0.15) is 41.7 Å². The molecule has 1 saturated heterocycles. The molecule has 5 nitrogen and oxygen atoms in total. The summed E-state index contributed by atoms with van der Waals surface area (Å²) in [4.78, 5) is 6.87. The van der Waals surface area contributed by atoms with Crippen LogP contribution < -0.4 is 15.0 Å². The van der Waals surface area contributed by atoms with E-state index in [9.17, 15) is 0 Å². The molecule has 3 heterocycles. The number of hydrogen-bond donors (Lipinski definition) is 1. The van der Waals surface area contributed by atoms with Gasteiger partial charge in [-0.05, 0) is 93.1 Å². The number of benzene rings is 2. The monoisotopic (exact) mass is 468 g/mol. The van der Waals surface area contributed by atoms with E-state index in [1.165, 1.54) is 17.0 Å². The van der Waals surface area contributed by atoms with Crippen molar-refractivity contribution in [2.45, 2.75) is 39.4 Å². The number of nitrogens with zero attached hydrogens (tertiary/aromatic N) is 3. The number of nitrogens with one attached hydrogen (secondary N) is 1. The van der Waals surface area contributed by atoms with Gasteiger partial charge in [0.1, 0.15) is 11.5 Å². The molecule has 2 atom stereocenters. The number of rotatable bonds is 6. The van der Waals surface area contributed by atoms with Gasteiger partial charge in [0.05, 0.1) is 17.8 Å². The summed E-state index contributed by atoms with van der Waals surface area (Å²) in [6, 6.07) is 26.2. The Balaban J connectivity index is 1.54. The molecule has 0 aliphatic carbocycles. The van der Waals surface area contributed by atoms with Crippen molar-refractivity contribution in [2.24, 2.45) is 0 Å². The number of anilines is 1. The van der Waals surface area contributed by atoms with Crippen molar-refractivity contribution in [3.05, 3.63) is 108 Å². The number of aryl methyl sites for hydroxylation is 1. The molecule has 0 spiro atoms. The Morgan fingerprint density at radius 3 is 2.29 bits per heavy atom. The van der Waals surface area contributed by atoms with Crippen LogP contribution in [0.25, 0.3) is 0 Å².